The Morgan fingerprint density at radius 3 is 2.58 bits per heavy atom. The van der Waals surface area contributed by atoms with Gasteiger partial charge in [-0.3, -0.25) is 9.78 Å². The predicted octanol–water partition coefficient (Wildman–Crippen LogP) is 4.87. The number of hydrogen-bond acceptors (Lipinski definition) is 8. The van der Waals surface area contributed by atoms with Crippen LogP contribution in [0.1, 0.15) is 35.5 Å². The van der Waals surface area contributed by atoms with Crippen LogP contribution in [0.2, 0.25) is 0 Å². The van der Waals surface area contributed by atoms with Gasteiger partial charge in [-0.1, -0.05) is 0 Å². The minimum Gasteiger partial charge on any atom is -0.451 e. The highest BCUT2D eigenvalue weighted by atomic mass is 16.5. The van der Waals surface area contributed by atoms with E-state index in [0.717, 1.165) is 61.5 Å². The number of carbonyl (C=O) groups is 1. The lowest BCUT2D eigenvalue weighted by atomic mass is 10.1. The SMILES string of the molecule is Cc1cc(-c2ccc(C(=O)Nc3cc4oc(N5CCOCC5)nc4cc3N3CCCCC3)o2)ccn1. The maximum Gasteiger partial charge on any atom is 0.298 e. The van der Waals surface area contributed by atoms with Crippen LogP contribution in [0.5, 0.6) is 0 Å². The number of furan rings is 1. The highest BCUT2D eigenvalue weighted by Crippen LogP contribution is 2.35. The normalized spacial score (nSPS) is 16.5. The number of piperidine rings is 1. The van der Waals surface area contributed by atoms with Crippen LogP contribution >= 0.6 is 0 Å². The van der Waals surface area contributed by atoms with E-state index in [-0.39, 0.29) is 11.7 Å². The van der Waals surface area contributed by atoms with Crippen molar-refractivity contribution in [3.05, 3.63) is 54.0 Å². The molecule has 5 heterocycles. The van der Waals surface area contributed by atoms with Crippen LogP contribution in [-0.2, 0) is 4.74 Å². The van der Waals surface area contributed by atoms with Crippen LogP contribution < -0.4 is 15.1 Å². The van der Waals surface area contributed by atoms with Gasteiger partial charge in [0.15, 0.2) is 11.3 Å². The van der Waals surface area contributed by atoms with Crippen molar-refractivity contribution in [3.8, 4) is 11.3 Å². The fourth-order valence-electron chi connectivity index (χ4n) is 4.83. The molecular weight excluding hydrogens is 458 g/mol. The van der Waals surface area contributed by atoms with E-state index in [1.54, 1.807) is 12.3 Å². The molecule has 0 atom stereocenters. The quantitative estimate of drug-likeness (QED) is 0.426. The highest BCUT2D eigenvalue weighted by Gasteiger charge is 2.23. The van der Waals surface area contributed by atoms with Crippen molar-refractivity contribution in [1.29, 1.82) is 0 Å². The molecule has 0 spiro atoms. The minimum atomic E-state index is -0.308. The Hall–Kier alpha value is -3.85. The second-order valence-corrected chi connectivity index (χ2v) is 9.28. The van der Waals surface area contributed by atoms with Crippen molar-refractivity contribution in [2.45, 2.75) is 26.2 Å². The minimum absolute atomic E-state index is 0.246. The van der Waals surface area contributed by atoms with Gasteiger partial charge in [0.1, 0.15) is 11.3 Å². The third-order valence-corrected chi connectivity index (χ3v) is 6.73. The largest absolute Gasteiger partial charge is 0.451 e. The molecule has 9 heteroatoms. The highest BCUT2D eigenvalue weighted by molar-refractivity contribution is 6.06. The molecular formula is C27H29N5O4. The maximum absolute atomic E-state index is 13.2. The van der Waals surface area contributed by atoms with Gasteiger partial charge >= 0.3 is 0 Å². The number of nitrogens with zero attached hydrogens (tertiary/aromatic N) is 4. The Morgan fingerprint density at radius 1 is 0.944 bits per heavy atom. The van der Waals surface area contributed by atoms with Crippen LogP contribution in [0, 0.1) is 6.92 Å². The Morgan fingerprint density at radius 2 is 1.78 bits per heavy atom. The van der Waals surface area contributed by atoms with Crippen LogP contribution in [0.4, 0.5) is 17.4 Å². The zero-order valence-electron chi connectivity index (χ0n) is 20.3. The van der Waals surface area contributed by atoms with E-state index in [1.807, 2.05) is 37.3 Å². The first-order chi connectivity index (χ1) is 17.6. The maximum atomic E-state index is 13.2. The van der Waals surface area contributed by atoms with Crippen molar-refractivity contribution < 1.29 is 18.4 Å². The Bertz CT molecular complexity index is 1380. The second kappa shape index (κ2) is 9.66. The van der Waals surface area contributed by atoms with Gasteiger partial charge in [0, 0.05) is 49.7 Å². The van der Waals surface area contributed by atoms with E-state index in [1.165, 1.54) is 6.42 Å². The molecule has 0 saturated carbocycles. The van der Waals surface area contributed by atoms with Crippen molar-refractivity contribution in [2.24, 2.45) is 0 Å². The van der Waals surface area contributed by atoms with Crippen LogP contribution in [0.25, 0.3) is 22.4 Å². The number of fused-ring (bicyclic) bond motifs is 1. The molecule has 1 aromatic carbocycles. The number of hydrogen-bond donors (Lipinski definition) is 1. The summed E-state index contributed by atoms with van der Waals surface area (Å²) in [6.45, 7) is 6.60. The number of nitrogens with one attached hydrogen (secondary N) is 1. The van der Waals surface area contributed by atoms with Crippen LogP contribution in [0.3, 0.4) is 0 Å². The topological polar surface area (TPSA) is 96.9 Å². The zero-order chi connectivity index (χ0) is 24.5. The van der Waals surface area contributed by atoms with Gasteiger partial charge in [-0.2, -0.15) is 4.98 Å². The summed E-state index contributed by atoms with van der Waals surface area (Å²) in [5, 5.41) is 3.07. The molecule has 0 unspecified atom stereocenters. The summed E-state index contributed by atoms with van der Waals surface area (Å²) in [5.41, 5.74) is 4.83. The van der Waals surface area contributed by atoms with E-state index >= 15 is 0 Å². The number of aromatic nitrogens is 2. The first kappa shape index (κ1) is 22.6. The summed E-state index contributed by atoms with van der Waals surface area (Å²) in [4.78, 5) is 26.6. The van der Waals surface area contributed by atoms with E-state index in [0.29, 0.717) is 36.3 Å². The number of amides is 1. The third-order valence-electron chi connectivity index (χ3n) is 6.73. The fourth-order valence-corrected chi connectivity index (χ4v) is 4.83. The number of oxazole rings is 1. The van der Waals surface area contributed by atoms with Crippen molar-refractivity contribution in [2.75, 3.05) is 54.5 Å². The van der Waals surface area contributed by atoms with E-state index in [9.17, 15) is 4.79 Å². The number of anilines is 3. The van der Waals surface area contributed by atoms with Crippen molar-refractivity contribution in [1.82, 2.24) is 9.97 Å². The first-order valence-corrected chi connectivity index (χ1v) is 12.5. The zero-order valence-corrected chi connectivity index (χ0v) is 20.3. The van der Waals surface area contributed by atoms with Gasteiger partial charge in [-0.15, -0.1) is 0 Å². The Kier molecular flexibility index (Phi) is 6.06. The molecule has 9 nitrogen and oxygen atoms in total. The molecule has 2 saturated heterocycles. The van der Waals surface area contributed by atoms with Gasteiger partial charge in [0.25, 0.3) is 11.9 Å². The Balaban J connectivity index is 1.31. The molecule has 0 aliphatic carbocycles. The molecule has 2 fully saturated rings. The molecule has 0 radical (unpaired) electrons. The van der Waals surface area contributed by atoms with Crippen LogP contribution in [0.15, 0.2) is 51.4 Å². The average Bonchev–Trinajstić information content (AvgIpc) is 3.57. The summed E-state index contributed by atoms with van der Waals surface area (Å²) < 4.78 is 17.5. The lowest BCUT2D eigenvalue weighted by molar-refractivity contribution is 0.0997. The van der Waals surface area contributed by atoms with Gasteiger partial charge in [-0.05, 0) is 56.5 Å². The van der Waals surface area contributed by atoms with E-state index < -0.39 is 0 Å². The van der Waals surface area contributed by atoms with Gasteiger partial charge in [0.2, 0.25) is 0 Å². The van der Waals surface area contributed by atoms with Gasteiger partial charge < -0.3 is 28.7 Å². The first-order valence-electron chi connectivity index (χ1n) is 12.5. The number of pyridine rings is 1. The molecule has 1 N–H and O–H groups in total. The van der Waals surface area contributed by atoms with Gasteiger partial charge in [0.05, 0.1) is 24.6 Å². The summed E-state index contributed by atoms with van der Waals surface area (Å²) in [7, 11) is 0. The third kappa shape index (κ3) is 4.54. The van der Waals surface area contributed by atoms with Crippen molar-refractivity contribution in [3.63, 3.8) is 0 Å². The lowest BCUT2D eigenvalue weighted by Crippen LogP contribution is -2.36. The predicted molar refractivity (Wildman–Crippen MR) is 138 cm³/mol. The molecule has 2 aliphatic heterocycles. The van der Waals surface area contributed by atoms with Crippen LogP contribution in [-0.4, -0.2) is 55.3 Å². The lowest BCUT2D eigenvalue weighted by Gasteiger charge is -2.30. The molecule has 0 bridgehead atoms. The molecule has 36 heavy (non-hydrogen) atoms. The van der Waals surface area contributed by atoms with E-state index in [2.05, 4.69) is 20.1 Å². The summed E-state index contributed by atoms with van der Waals surface area (Å²) in [6, 6.07) is 11.8. The number of benzene rings is 1. The fraction of sp³-hybridized carbons (Fsp3) is 0.370. The molecule has 6 rings (SSSR count). The Labute approximate surface area is 209 Å². The molecule has 186 valence electrons. The number of aryl methyl sites for hydroxylation is 1. The van der Waals surface area contributed by atoms with Crippen molar-refractivity contribution >= 4 is 34.4 Å². The van der Waals surface area contributed by atoms with E-state index in [4.69, 9.17) is 18.6 Å². The monoisotopic (exact) mass is 487 g/mol. The number of morpholine rings is 1. The number of rotatable bonds is 5. The smallest absolute Gasteiger partial charge is 0.298 e. The molecule has 1 amide bonds. The standard InChI is InChI=1S/C27H29N5O4/c1-18-15-19(7-8-28-18)23-5-6-24(35-23)26(33)29-20-17-25-21(16-22(20)31-9-3-2-4-10-31)30-27(36-25)32-11-13-34-14-12-32/h5-8,15-17H,2-4,9-14H2,1H3,(H,29,33). The molecule has 2 aliphatic rings. The number of carbonyl (C=O) groups excluding carboxylic acids is 1. The average molecular weight is 488 g/mol. The summed E-state index contributed by atoms with van der Waals surface area (Å²) in [6.07, 6.45) is 5.19. The second-order valence-electron chi connectivity index (χ2n) is 9.28. The molecule has 4 aromatic rings. The number of ether oxygens (including phenoxy) is 1. The summed E-state index contributed by atoms with van der Waals surface area (Å²) in [5.74, 6) is 0.566. The summed E-state index contributed by atoms with van der Waals surface area (Å²) >= 11 is 0. The molecule has 3 aromatic heterocycles. The van der Waals surface area contributed by atoms with Gasteiger partial charge in [-0.25, -0.2) is 0 Å².